The summed E-state index contributed by atoms with van der Waals surface area (Å²) < 4.78 is 0. The number of aromatic amines is 2. The van der Waals surface area contributed by atoms with Gasteiger partial charge in [-0.2, -0.15) is 5.10 Å². The number of carbonyl (C=O) groups excluding carboxylic acids is 1. The predicted octanol–water partition coefficient (Wildman–Crippen LogP) is 4.27. The van der Waals surface area contributed by atoms with Gasteiger partial charge in [-0.3, -0.25) is 9.89 Å². The Morgan fingerprint density at radius 3 is 2.41 bits per heavy atom. The van der Waals surface area contributed by atoms with Crippen molar-refractivity contribution in [3.63, 3.8) is 0 Å². The molecule has 2 heterocycles. The van der Waals surface area contributed by atoms with Gasteiger partial charge in [-0.15, -0.1) is 24.8 Å². The fraction of sp³-hybridized carbons (Fsp3) is 0.211. The number of halogens is 2. The molecule has 0 fully saturated rings. The number of nitrogens with one attached hydrogen (secondary N) is 2. The van der Waals surface area contributed by atoms with Crippen LogP contribution in [0.15, 0.2) is 30.3 Å². The van der Waals surface area contributed by atoms with Crippen LogP contribution in [0.25, 0.3) is 33.5 Å². The number of rotatable bonds is 2. The van der Waals surface area contributed by atoms with Crippen LogP contribution >= 0.6 is 24.8 Å². The van der Waals surface area contributed by atoms with Crippen molar-refractivity contribution in [1.82, 2.24) is 25.1 Å². The summed E-state index contributed by atoms with van der Waals surface area (Å²) in [5.74, 6) is 0.658. The number of aryl methyl sites for hydroxylation is 2. The summed E-state index contributed by atoms with van der Waals surface area (Å²) in [6.45, 7) is 4.16. The van der Waals surface area contributed by atoms with Gasteiger partial charge in [0.05, 0.1) is 16.6 Å². The number of fused-ring (bicyclic) bond motifs is 2. The van der Waals surface area contributed by atoms with Gasteiger partial charge in [0.25, 0.3) is 5.91 Å². The second kappa shape index (κ2) is 7.58. The lowest BCUT2D eigenvalue weighted by Gasteiger charge is -2.09. The van der Waals surface area contributed by atoms with Crippen molar-refractivity contribution in [2.75, 3.05) is 14.1 Å². The normalized spacial score (nSPS) is 10.5. The van der Waals surface area contributed by atoms with Gasteiger partial charge in [0.1, 0.15) is 5.69 Å². The molecule has 27 heavy (non-hydrogen) atoms. The number of H-pyrrole nitrogens is 2. The Hall–Kier alpha value is -2.57. The molecule has 0 aliphatic carbocycles. The molecule has 1 amide bonds. The molecule has 8 heteroatoms. The quantitative estimate of drug-likeness (QED) is 0.522. The van der Waals surface area contributed by atoms with E-state index in [1.165, 1.54) is 11.1 Å². The number of hydrogen-bond donors (Lipinski definition) is 2. The fourth-order valence-electron chi connectivity index (χ4n) is 2.97. The Balaban J connectivity index is 0.00000131. The lowest BCUT2D eigenvalue weighted by Crippen LogP contribution is -2.21. The molecule has 2 aromatic heterocycles. The van der Waals surface area contributed by atoms with Gasteiger partial charge in [-0.05, 0) is 55.3 Å². The summed E-state index contributed by atoms with van der Waals surface area (Å²) in [6.07, 6.45) is 0. The third kappa shape index (κ3) is 3.50. The molecule has 4 aromatic rings. The topological polar surface area (TPSA) is 77.7 Å². The second-order valence-corrected chi connectivity index (χ2v) is 6.57. The summed E-state index contributed by atoms with van der Waals surface area (Å²) in [5.41, 5.74) is 6.53. The number of aromatic nitrogens is 4. The smallest absolute Gasteiger partial charge is 0.253 e. The maximum atomic E-state index is 12.2. The second-order valence-electron chi connectivity index (χ2n) is 6.57. The lowest BCUT2D eigenvalue weighted by molar-refractivity contribution is 0.0828. The summed E-state index contributed by atoms with van der Waals surface area (Å²) in [4.78, 5) is 21.8. The van der Waals surface area contributed by atoms with Gasteiger partial charge >= 0.3 is 0 Å². The maximum absolute atomic E-state index is 12.2. The van der Waals surface area contributed by atoms with Crippen LogP contribution in [0.4, 0.5) is 0 Å². The van der Waals surface area contributed by atoms with Crippen molar-refractivity contribution in [2.45, 2.75) is 13.8 Å². The average Bonchev–Trinajstić information content (AvgIpc) is 3.17. The first-order valence-corrected chi connectivity index (χ1v) is 8.11. The molecule has 0 unspecified atom stereocenters. The average molecular weight is 406 g/mol. The first kappa shape index (κ1) is 20.7. The fourth-order valence-corrected chi connectivity index (χ4v) is 2.97. The first-order chi connectivity index (χ1) is 11.9. The molecule has 2 N–H and O–H groups in total. The van der Waals surface area contributed by atoms with E-state index < -0.39 is 0 Å². The molecule has 4 rings (SSSR count). The minimum absolute atomic E-state index is 0. The van der Waals surface area contributed by atoms with Gasteiger partial charge in [0, 0.05) is 25.0 Å². The number of nitrogens with zero attached hydrogens (tertiary/aromatic N) is 3. The zero-order chi connectivity index (χ0) is 17.7. The van der Waals surface area contributed by atoms with Crippen LogP contribution in [0.5, 0.6) is 0 Å². The summed E-state index contributed by atoms with van der Waals surface area (Å²) in [7, 11) is 3.49. The van der Waals surface area contributed by atoms with Crippen LogP contribution in [0.3, 0.4) is 0 Å². The molecular formula is C19H21Cl2N5O. The van der Waals surface area contributed by atoms with Crippen LogP contribution in [0.2, 0.25) is 0 Å². The highest BCUT2D eigenvalue weighted by Gasteiger charge is 2.16. The van der Waals surface area contributed by atoms with Crippen molar-refractivity contribution < 1.29 is 4.79 Å². The zero-order valence-corrected chi connectivity index (χ0v) is 17.1. The van der Waals surface area contributed by atoms with E-state index in [4.69, 9.17) is 0 Å². The van der Waals surface area contributed by atoms with Crippen molar-refractivity contribution in [2.24, 2.45) is 0 Å². The van der Waals surface area contributed by atoms with Crippen LogP contribution in [0, 0.1) is 13.8 Å². The Bertz CT molecular complexity index is 1090. The van der Waals surface area contributed by atoms with Crippen LogP contribution in [0.1, 0.15) is 21.5 Å². The Labute approximate surface area is 169 Å². The molecule has 0 saturated heterocycles. The molecular weight excluding hydrogens is 385 g/mol. The molecule has 0 aliphatic heterocycles. The van der Waals surface area contributed by atoms with Gasteiger partial charge < -0.3 is 9.88 Å². The highest BCUT2D eigenvalue weighted by Crippen LogP contribution is 2.28. The lowest BCUT2D eigenvalue weighted by atomic mass is 10.1. The minimum atomic E-state index is -0.0371. The zero-order valence-electron chi connectivity index (χ0n) is 15.5. The van der Waals surface area contributed by atoms with E-state index in [1.54, 1.807) is 25.1 Å². The Kier molecular flexibility index (Phi) is 5.82. The Morgan fingerprint density at radius 1 is 1.00 bits per heavy atom. The molecule has 2 aromatic carbocycles. The van der Waals surface area contributed by atoms with E-state index in [0.717, 1.165) is 27.6 Å². The first-order valence-electron chi connectivity index (χ1n) is 8.11. The molecule has 0 spiro atoms. The van der Waals surface area contributed by atoms with Gasteiger partial charge in [0.15, 0.2) is 5.82 Å². The minimum Gasteiger partial charge on any atom is -0.345 e. The predicted molar refractivity (Wildman–Crippen MR) is 113 cm³/mol. The highest BCUT2D eigenvalue weighted by molar-refractivity contribution is 6.01. The number of carbonyl (C=O) groups is 1. The maximum Gasteiger partial charge on any atom is 0.253 e. The van der Waals surface area contributed by atoms with Crippen molar-refractivity contribution in [3.05, 3.63) is 47.0 Å². The van der Waals surface area contributed by atoms with E-state index in [0.29, 0.717) is 11.4 Å². The molecule has 0 saturated carbocycles. The standard InChI is InChI=1S/C19H19N5O.2ClH/c1-10-7-15-16(8-11(10)2)21-18(20-15)17-13-9-12(19(25)24(3)4)5-6-14(13)22-23-17;;/h5-9H,1-4H3,(H,20,21)(H,22,23);2*1H. The SMILES string of the molecule is Cc1cc2nc(-c3n[nH]c4ccc(C(=O)N(C)C)cc34)[nH]c2cc1C.Cl.Cl. The van der Waals surface area contributed by atoms with Crippen LogP contribution < -0.4 is 0 Å². The van der Waals surface area contributed by atoms with Crippen molar-refractivity contribution in [1.29, 1.82) is 0 Å². The molecule has 0 bridgehead atoms. The van der Waals surface area contributed by atoms with Crippen LogP contribution in [-0.4, -0.2) is 45.1 Å². The molecule has 6 nitrogen and oxygen atoms in total. The molecule has 142 valence electrons. The third-order valence-electron chi connectivity index (χ3n) is 4.54. The van der Waals surface area contributed by atoms with Gasteiger partial charge in [-0.1, -0.05) is 0 Å². The third-order valence-corrected chi connectivity index (χ3v) is 4.54. The monoisotopic (exact) mass is 405 g/mol. The number of imidazole rings is 1. The number of amides is 1. The number of hydrogen-bond acceptors (Lipinski definition) is 3. The van der Waals surface area contributed by atoms with E-state index in [9.17, 15) is 4.79 Å². The highest BCUT2D eigenvalue weighted by atomic mass is 35.5. The summed E-state index contributed by atoms with van der Waals surface area (Å²) >= 11 is 0. The molecule has 0 radical (unpaired) electrons. The van der Waals surface area contributed by atoms with E-state index in [2.05, 4.69) is 46.1 Å². The van der Waals surface area contributed by atoms with Gasteiger partial charge in [0.2, 0.25) is 0 Å². The molecule has 0 atom stereocenters. The van der Waals surface area contributed by atoms with E-state index in [-0.39, 0.29) is 30.7 Å². The van der Waals surface area contributed by atoms with Gasteiger partial charge in [-0.25, -0.2) is 4.98 Å². The van der Waals surface area contributed by atoms with E-state index in [1.807, 2.05) is 12.1 Å². The summed E-state index contributed by atoms with van der Waals surface area (Å²) in [6, 6.07) is 9.70. The van der Waals surface area contributed by atoms with E-state index >= 15 is 0 Å². The Morgan fingerprint density at radius 2 is 1.70 bits per heavy atom. The van der Waals surface area contributed by atoms with Crippen molar-refractivity contribution >= 4 is 52.7 Å². The van der Waals surface area contributed by atoms with Crippen LogP contribution in [-0.2, 0) is 0 Å². The summed E-state index contributed by atoms with van der Waals surface area (Å²) in [5, 5.41) is 8.30. The molecule has 0 aliphatic rings. The largest absolute Gasteiger partial charge is 0.345 e. The number of benzene rings is 2. The van der Waals surface area contributed by atoms with Crippen molar-refractivity contribution in [3.8, 4) is 11.5 Å².